The van der Waals surface area contributed by atoms with Crippen molar-refractivity contribution >= 4 is 11.8 Å². The van der Waals surface area contributed by atoms with E-state index in [9.17, 15) is 14.9 Å². The Hall–Kier alpha value is -2.92. The number of fused-ring (bicyclic) bond motifs is 1. The van der Waals surface area contributed by atoms with Crippen LogP contribution in [-0.2, 0) is 24.8 Å². The van der Waals surface area contributed by atoms with Gasteiger partial charge in [0.2, 0.25) is 11.8 Å². The summed E-state index contributed by atoms with van der Waals surface area (Å²) in [6, 6.07) is 3.62. The number of aromatic nitrogens is 2. The molecule has 2 aromatic rings. The van der Waals surface area contributed by atoms with Crippen LogP contribution in [0.3, 0.4) is 0 Å². The first kappa shape index (κ1) is 16.9. The molecule has 2 aromatic heterocycles. The van der Waals surface area contributed by atoms with E-state index in [4.69, 9.17) is 4.42 Å². The summed E-state index contributed by atoms with van der Waals surface area (Å²) in [5.74, 6) is 0.543. The molecule has 0 saturated carbocycles. The van der Waals surface area contributed by atoms with Crippen molar-refractivity contribution < 1.29 is 9.21 Å². The van der Waals surface area contributed by atoms with Crippen LogP contribution >= 0.6 is 0 Å². The molecule has 0 radical (unpaired) electrons. The Bertz CT molecular complexity index is 935. The van der Waals surface area contributed by atoms with Crippen molar-refractivity contribution in [2.45, 2.75) is 26.8 Å². The van der Waals surface area contributed by atoms with Gasteiger partial charge in [0.25, 0.3) is 5.56 Å². The number of nitriles is 1. The van der Waals surface area contributed by atoms with Crippen molar-refractivity contribution in [1.29, 1.82) is 5.26 Å². The van der Waals surface area contributed by atoms with Gasteiger partial charge in [-0.05, 0) is 19.4 Å². The van der Waals surface area contributed by atoms with Crippen molar-refractivity contribution in [2.24, 2.45) is 7.05 Å². The fraction of sp³-hybridized carbons (Fsp3) is 0.412. The average molecular weight is 341 g/mol. The zero-order valence-corrected chi connectivity index (χ0v) is 14.4. The smallest absolute Gasteiger partial charge is 0.266 e. The van der Waals surface area contributed by atoms with Crippen molar-refractivity contribution in [3.8, 4) is 6.07 Å². The molecule has 0 atom stereocenters. The maximum atomic E-state index is 12.3. The number of furan rings is 1. The van der Waals surface area contributed by atoms with Crippen molar-refractivity contribution in [3.05, 3.63) is 44.6 Å². The van der Waals surface area contributed by atoms with Gasteiger partial charge in [0.05, 0.1) is 12.2 Å². The zero-order valence-electron chi connectivity index (χ0n) is 14.4. The van der Waals surface area contributed by atoms with Gasteiger partial charge >= 0.3 is 0 Å². The molecule has 1 amide bonds. The summed E-state index contributed by atoms with van der Waals surface area (Å²) in [4.78, 5) is 26.0. The lowest BCUT2D eigenvalue weighted by atomic mass is 10.1. The van der Waals surface area contributed by atoms with E-state index >= 15 is 0 Å². The second-order valence-electron chi connectivity index (χ2n) is 6.19. The summed E-state index contributed by atoms with van der Waals surface area (Å²) < 4.78 is 6.78. The predicted octanol–water partition coefficient (Wildman–Crippen LogP) is 0.859. The van der Waals surface area contributed by atoms with Gasteiger partial charge in [-0.3, -0.25) is 19.8 Å². The number of amides is 1. The number of rotatable bonds is 3. The minimum Gasteiger partial charge on any atom is -0.444 e. The Morgan fingerprint density at radius 3 is 2.96 bits per heavy atom. The molecule has 0 fully saturated rings. The molecule has 0 unspecified atom stereocenters. The van der Waals surface area contributed by atoms with E-state index < -0.39 is 0 Å². The van der Waals surface area contributed by atoms with E-state index in [1.165, 1.54) is 4.68 Å². The monoisotopic (exact) mass is 341 g/mol. The molecule has 25 heavy (non-hydrogen) atoms. The third kappa shape index (κ3) is 3.32. The molecule has 8 nitrogen and oxygen atoms in total. The lowest BCUT2D eigenvalue weighted by Crippen LogP contribution is -2.39. The molecular formula is C17H19N5O3. The molecule has 0 saturated heterocycles. The molecule has 1 aliphatic rings. The molecule has 0 aromatic carbocycles. The van der Waals surface area contributed by atoms with Gasteiger partial charge in [0.1, 0.15) is 17.4 Å². The number of nitrogens with one attached hydrogen (secondary N) is 1. The molecule has 0 bridgehead atoms. The van der Waals surface area contributed by atoms with E-state index in [-0.39, 0.29) is 23.9 Å². The van der Waals surface area contributed by atoms with Crippen LogP contribution in [0.15, 0.2) is 15.3 Å². The summed E-state index contributed by atoms with van der Waals surface area (Å²) >= 11 is 0. The fourth-order valence-electron chi connectivity index (χ4n) is 2.91. The zero-order chi connectivity index (χ0) is 18.1. The minimum atomic E-state index is -0.259. The van der Waals surface area contributed by atoms with Gasteiger partial charge in [-0.15, -0.1) is 0 Å². The summed E-state index contributed by atoms with van der Waals surface area (Å²) in [5, 5.41) is 16.1. The maximum Gasteiger partial charge on any atom is 0.266 e. The van der Waals surface area contributed by atoms with Gasteiger partial charge in [0, 0.05) is 38.2 Å². The van der Waals surface area contributed by atoms with Gasteiger partial charge in [0.15, 0.2) is 0 Å². The SMILES string of the molecule is Cc1oc(NC(=O)CN2CCc3nn(C)c(=O)cc3C2)c(C#N)c1C. The quantitative estimate of drug-likeness (QED) is 0.888. The van der Waals surface area contributed by atoms with Crippen molar-refractivity contribution in [2.75, 3.05) is 18.4 Å². The first-order chi connectivity index (χ1) is 11.9. The van der Waals surface area contributed by atoms with E-state index in [1.54, 1.807) is 27.0 Å². The van der Waals surface area contributed by atoms with Crippen LogP contribution in [0.1, 0.15) is 28.1 Å². The van der Waals surface area contributed by atoms with E-state index in [1.807, 2.05) is 4.90 Å². The number of carbonyl (C=O) groups excluding carboxylic acids is 1. The molecule has 1 N–H and O–H groups in total. The lowest BCUT2D eigenvalue weighted by molar-refractivity contribution is -0.117. The third-order valence-corrected chi connectivity index (χ3v) is 4.43. The highest BCUT2D eigenvalue weighted by Gasteiger charge is 2.22. The Balaban J connectivity index is 1.68. The highest BCUT2D eigenvalue weighted by molar-refractivity contribution is 5.92. The molecule has 130 valence electrons. The van der Waals surface area contributed by atoms with Crippen LogP contribution in [0.2, 0.25) is 0 Å². The molecule has 0 spiro atoms. The number of hydrogen-bond acceptors (Lipinski definition) is 6. The highest BCUT2D eigenvalue weighted by Crippen LogP contribution is 2.25. The molecule has 3 rings (SSSR count). The molecular weight excluding hydrogens is 322 g/mol. The largest absolute Gasteiger partial charge is 0.444 e. The Morgan fingerprint density at radius 2 is 2.24 bits per heavy atom. The number of anilines is 1. The maximum absolute atomic E-state index is 12.3. The summed E-state index contributed by atoms with van der Waals surface area (Å²) in [5.41, 5.74) is 2.66. The lowest BCUT2D eigenvalue weighted by Gasteiger charge is -2.27. The van der Waals surface area contributed by atoms with Crippen LogP contribution in [-0.4, -0.2) is 33.7 Å². The van der Waals surface area contributed by atoms with Crippen molar-refractivity contribution in [1.82, 2.24) is 14.7 Å². The molecule has 0 aliphatic carbocycles. The van der Waals surface area contributed by atoms with Crippen LogP contribution < -0.4 is 10.9 Å². The van der Waals surface area contributed by atoms with E-state index in [0.29, 0.717) is 30.8 Å². The van der Waals surface area contributed by atoms with E-state index in [2.05, 4.69) is 16.5 Å². The summed E-state index contributed by atoms with van der Waals surface area (Å²) in [7, 11) is 1.63. The predicted molar refractivity (Wildman–Crippen MR) is 90.0 cm³/mol. The topological polar surface area (TPSA) is 104 Å². The second kappa shape index (κ2) is 6.53. The van der Waals surface area contributed by atoms with Gasteiger partial charge in [-0.1, -0.05) is 0 Å². The first-order valence-electron chi connectivity index (χ1n) is 7.97. The second-order valence-corrected chi connectivity index (χ2v) is 6.19. The standard InChI is InChI=1S/C17H19N5O3/c1-10-11(2)25-17(13(10)7-18)19-15(23)9-22-5-4-14-12(8-22)6-16(24)21(3)20-14/h6H,4-5,8-9H2,1-3H3,(H,19,23). The molecule has 1 aliphatic heterocycles. The average Bonchev–Trinajstić information content (AvgIpc) is 2.82. The van der Waals surface area contributed by atoms with Crippen LogP contribution in [0, 0.1) is 25.2 Å². The molecule has 3 heterocycles. The third-order valence-electron chi connectivity index (χ3n) is 4.43. The Morgan fingerprint density at radius 1 is 1.48 bits per heavy atom. The van der Waals surface area contributed by atoms with Gasteiger partial charge in [-0.25, -0.2) is 4.68 Å². The van der Waals surface area contributed by atoms with Crippen LogP contribution in [0.25, 0.3) is 0 Å². The van der Waals surface area contributed by atoms with Crippen LogP contribution in [0.4, 0.5) is 5.88 Å². The van der Waals surface area contributed by atoms with E-state index in [0.717, 1.165) is 16.8 Å². The fourth-order valence-corrected chi connectivity index (χ4v) is 2.91. The highest BCUT2D eigenvalue weighted by atomic mass is 16.4. The summed E-state index contributed by atoms with van der Waals surface area (Å²) in [6.45, 7) is 4.85. The first-order valence-corrected chi connectivity index (χ1v) is 7.97. The van der Waals surface area contributed by atoms with Crippen molar-refractivity contribution in [3.63, 3.8) is 0 Å². The van der Waals surface area contributed by atoms with Gasteiger partial charge < -0.3 is 4.42 Å². The summed E-state index contributed by atoms with van der Waals surface area (Å²) in [6.07, 6.45) is 0.680. The number of hydrogen-bond donors (Lipinski definition) is 1. The van der Waals surface area contributed by atoms with Gasteiger partial charge in [-0.2, -0.15) is 10.4 Å². The Kier molecular flexibility index (Phi) is 4.42. The molecule has 8 heteroatoms. The number of aryl methyl sites for hydroxylation is 2. The Labute approximate surface area is 144 Å². The normalized spacial score (nSPS) is 14.0. The number of carbonyl (C=O) groups is 1. The minimum absolute atomic E-state index is 0.151. The number of nitrogens with zero attached hydrogens (tertiary/aromatic N) is 4. The van der Waals surface area contributed by atoms with Crippen LogP contribution in [0.5, 0.6) is 0 Å².